The Labute approximate surface area is 195 Å². The van der Waals surface area contributed by atoms with Crippen molar-refractivity contribution in [3.8, 4) is 0 Å². The smallest absolute Gasteiger partial charge is 0.338 e. The highest BCUT2D eigenvalue weighted by atomic mass is 16.8. The van der Waals surface area contributed by atoms with Crippen LogP contribution in [0.4, 0.5) is 0 Å². The number of hydrogen-bond donors (Lipinski definition) is 5. The van der Waals surface area contributed by atoms with Gasteiger partial charge in [-0.2, -0.15) is 0 Å². The number of aliphatic hydroxyl groups is 5. The molecular formula is C23H28O11. The molecule has 1 aromatic rings. The Morgan fingerprint density at radius 1 is 1.15 bits per heavy atom. The van der Waals surface area contributed by atoms with Crippen molar-refractivity contribution in [3.05, 3.63) is 47.7 Å². The van der Waals surface area contributed by atoms with Crippen LogP contribution < -0.4 is 0 Å². The molecule has 0 aromatic heterocycles. The number of aliphatic hydroxyl groups excluding tert-OH is 4. The first kappa shape index (κ1) is 24.7. The van der Waals surface area contributed by atoms with Crippen LogP contribution in [-0.4, -0.2) is 93.1 Å². The minimum atomic E-state index is -1.76. The SMILES string of the molecule is C[C@H]1[C@@H]2[C@@H](O[C@@H]3O[C@H](CO)[C@@H](O)[C@H](O)[C@H]3O)OC=C(C=O)[C@]2(O)C[C@H]1OC(=O)c1ccccc1. The van der Waals surface area contributed by atoms with E-state index in [-0.39, 0.29) is 12.0 Å². The molecule has 11 heteroatoms. The van der Waals surface area contributed by atoms with Gasteiger partial charge >= 0.3 is 5.97 Å². The van der Waals surface area contributed by atoms with Gasteiger partial charge in [0.05, 0.1) is 29.9 Å². The minimum absolute atomic E-state index is 0.0590. The summed E-state index contributed by atoms with van der Waals surface area (Å²) in [6.07, 6.45) is -8.33. The molecule has 1 aromatic carbocycles. The van der Waals surface area contributed by atoms with E-state index in [2.05, 4.69) is 0 Å². The topological polar surface area (TPSA) is 172 Å². The highest BCUT2D eigenvalue weighted by Gasteiger charge is 2.61. The van der Waals surface area contributed by atoms with Gasteiger partial charge in [0.1, 0.15) is 36.1 Å². The van der Waals surface area contributed by atoms with Gasteiger partial charge in [0, 0.05) is 12.3 Å². The van der Waals surface area contributed by atoms with Crippen LogP contribution in [0.2, 0.25) is 0 Å². The second kappa shape index (κ2) is 9.70. The lowest BCUT2D eigenvalue weighted by Gasteiger charge is -2.44. The largest absolute Gasteiger partial charge is 0.471 e. The molecule has 3 aliphatic rings. The van der Waals surface area contributed by atoms with Gasteiger partial charge in [-0.05, 0) is 12.1 Å². The van der Waals surface area contributed by atoms with E-state index in [4.69, 9.17) is 18.9 Å². The van der Waals surface area contributed by atoms with E-state index in [0.717, 1.165) is 6.26 Å². The van der Waals surface area contributed by atoms with Crippen molar-refractivity contribution in [1.29, 1.82) is 0 Å². The lowest BCUT2D eigenvalue weighted by Crippen LogP contribution is -2.61. The summed E-state index contributed by atoms with van der Waals surface area (Å²) in [5.74, 6) is -2.07. The summed E-state index contributed by atoms with van der Waals surface area (Å²) in [5, 5.41) is 51.2. The maximum absolute atomic E-state index is 12.6. The predicted molar refractivity (Wildman–Crippen MR) is 112 cm³/mol. The molecule has 0 spiro atoms. The number of benzene rings is 1. The number of fused-ring (bicyclic) bond motifs is 1. The van der Waals surface area contributed by atoms with Gasteiger partial charge in [0.25, 0.3) is 0 Å². The van der Waals surface area contributed by atoms with Gasteiger partial charge in [0.15, 0.2) is 12.6 Å². The summed E-state index contributed by atoms with van der Waals surface area (Å²) < 4.78 is 22.3. The van der Waals surface area contributed by atoms with Crippen LogP contribution >= 0.6 is 0 Å². The zero-order chi connectivity index (χ0) is 24.6. The second-order valence-electron chi connectivity index (χ2n) is 8.85. The monoisotopic (exact) mass is 480 g/mol. The van der Waals surface area contributed by atoms with E-state index >= 15 is 0 Å². The number of aldehydes is 1. The number of esters is 1. The van der Waals surface area contributed by atoms with Crippen LogP contribution in [0.5, 0.6) is 0 Å². The molecule has 11 nitrogen and oxygen atoms in total. The van der Waals surface area contributed by atoms with E-state index in [9.17, 15) is 35.1 Å². The van der Waals surface area contributed by atoms with E-state index in [1.807, 2.05) is 0 Å². The molecule has 0 unspecified atom stereocenters. The van der Waals surface area contributed by atoms with Gasteiger partial charge in [-0.1, -0.05) is 25.1 Å². The van der Waals surface area contributed by atoms with Gasteiger partial charge in [-0.3, -0.25) is 4.79 Å². The third-order valence-electron chi connectivity index (χ3n) is 6.85. The van der Waals surface area contributed by atoms with E-state index < -0.39 is 73.1 Å². The summed E-state index contributed by atoms with van der Waals surface area (Å²) in [6, 6.07) is 8.32. The molecule has 2 aliphatic heterocycles. The highest BCUT2D eigenvalue weighted by molar-refractivity contribution is 5.89. The third-order valence-corrected chi connectivity index (χ3v) is 6.85. The standard InChI is InChI=1S/C23H28O11/c1-11-14(32-20(29)12-5-3-2-4-6-12)7-23(30)13(8-24)10-31-21(16(11)23)34-22-19(28)18(27)17(26)15(9-25)33-22/h2-6,8,10-11,14-19,21-22,25-28,30H,7,9H2,1H3/t11-,14-,15-,16-,17-,18+,19-,21-,22+,23-/m1/s1. The van der Waals surface area contributed by atoms with Crippen LogP contribution in [0.1, 0.15) is 23.7 Å². The minimum Gasteiger partial charge on any atom is -0.471 e. The number of carbonyl (C=O) groups is 2. The molecule has 186 valence electrons. The average molecular weight is 480 g/mol. The zero-order valence-corrected chi connectivity index (χ0v) is 18.3. The summed E-state index contributed by atoms with van der Waals surface area (Å²) in [6.45, 7) is 1.05. The fraction of sp³-hybridized carbons (Fsp3) is 0.565. The van der Waals surface area contributed by atoms with Crippen molar-refractivity contribution in [3.63, 3.8) is 0 Å². The Morgan fingerprint density at radius 2 is 1.85 bits per heavy atom. The first-order valence-corrected chi connectivity index (χ1v) is 11.0. The molecule has 2 heterocycles. The summed E-state index contributed by atoms with van der Waals surface area (Å²) in [5.41, 5.74) is -1.50. The summed E-state index contributed by atoms with van der Waals surface area (Å²) in [4.78, 5) is 24.3. The Morgan fingerprint density at radius 3 is 2.50 bits per heavy atom. The first-order chi connectivity index (χ1) is 16.2. The van der Waals surface area contributed by atoms with Crippen LogP contribution in [0, 0.1) is 11.8 Å². The Kier molecular flexibility index (Phi) is 7.06. The van der Waals surface area contributed by atoms with Gasteiger partial charge in [-0.15, -0.1) is 0 Å². The normalized spacial score (nSPS) is 41.7. The quantitative estimate of drug-likeness (QED) is 0.246. The maximum atomic E-state index is 12.6. The molecule has 34 heavy (non-hydrogen) atoms. The van der Waals surface area contributed by atoms with Crippen LogP contribution in [0.3, 0.4) is 0 Å². The molecule has 4 rings (SSSR count). The van der Waals surface area contributed by atoms with Crippen molar-refractivity contribution >= 4 is 12.3 Å². The number of carbonyl (C=O) groups excluding carboxylic acids is 2. The van der Waals surface area contributed by atoms with Gasteiger partial charge in [-0.25, -0.2) is 4.79 Å². The molecule has 0 radical (unpaired) electrons. The molecule has 1 aliphatic carbocycles. The van der Waals surface area contributed by atoms with E-state index in [1.54, 1.807) is 37.3 Å². The summed E-state index contributed by atoms with van der Waals surface area (Å²) in [7, 11) is 0. The molecule has 10 atom stereocenters. The molecule has 0 bridgehead atoms. The van der Waals surface area contributed by atoms with Crippen LogP contribution in [-0.2, 0) is 23.7 Å². The predicted octanol–water partition coefficient (Wildman–Crippen LogP) is -1.15. The van der Waals surface area contributed by atoms with Crippen LogP contribution in [0.25, 0.3) is 0 Å². The van der Waals surface area contributed by atoms with Crippen molar-refractivity contribution < 1.29 is 54.1 Å². The molecule has 0 amide bonds. The van der Waals surface area contributed by atoms with Gasteiger partial charge in [0.2, 0.25) is 6.29 Å². The number of ether oxygens (including phenoxy) is 4. The van der Waals surface area contributed by atoms with Crippen molar-refractivity contribution in [1.82, 2.24) is 0 Å². The first-order valence-electron chi connectivity index (χ1n) is 11.0. The Bertz CT molecular complexity index is 919. The number of rotatable bonds is 6. The lowest BCUT2D eigenvalue weighted by atomic mass is 9.79. The highest BCUT2D eigenvalue weighted by Crippen LogP contribution is 2.51. The Hall–Kier alpha value is -2.38. The molecule has 1 saturated heterocycles. The fourth-order valence-electron chi connectivity index (χ4n) is 4.89. The maximum Gasteiger partial charge on any atom is 0.338 e. The fourth-order valence-corrected chi connectivity index (χ4v) is 4.89. The van der Waals surface area contributed by atoms with E-state index in [1.165, 1.54) is 0 Å². The summed E-state index contributed by atoms with van der Waals surface area (Å²) >= 11 is 0. The molecule has 1 saturated carbocycles. The molecule has 2 fully saturated rings. The van der Waals surface area contributed by atoms with Crippen molar-refractivity contribution in [2.45, 2.75) is 62.0 Å². The second-order valence-corrected chi connectivity index (χ2v) is 8.85. The number of hydrogen-bond acceptors (Lipinski definition) is 11. The molecular weight excluding hydrogens is 452 g/mol. The Balaban J connectivity index is 1.56. The zero-order valence-electron chi connectivity index (χ0n) is 18.3. The third kappa shape index (κ3) is 4.24. The van der Waals surface area contributed by atoms with Crippen LogP contribution in [0.15, 0.2) is 42.2 Å². The van der Waals surface area contributed by atoms with Crippen molar-refractivity contribution in [2.75, 3.05) is 6.61 Å². The molecule has 5 N–H and O–H groups in total. The average Bonchev–Trinajstić information content (AvgIpc) is 3.10. The van der Waals surface area contributed by atoms with Gasteiger partial charge < -0.3 is 44.5 Å². The van der Waals surface area contributed by atoms with E-state index in [0.29, 0.717) is 11.8 Å². The van der Waals surface area contributed by atoms with Crippen molar-refractivity contribution in [2.24, 2.45) is 11.8 Å². The lowest BCUT2D eigenvalue weighted by molar-refractivity contribution is -0.346.